The molecule has 174 valence electrons. The predicted molar refractivity (Wildman–Crippen MR) is 134 cm³/mol. The Labute approximate surface area is 191 Å². The van der Waals surface area contributed by atoms with E-state index in [0.29, 0.717) is 22.6 Å². The van der Waals surface area contributed by atoms with E-state index < -0.39 is 7.05 Å². The van der Waals surface area contributed by atoms with Gasteiger partial charge in [0, 0.05) is 22.7 Å². The average molecular weight is 458 g/mol. The first-order valence-corrected chi connectivity index (χ1v) is 14.1. The summed E-state index contributed by atoms with van der Waals surface area (Å²) in [7, 11) is -0.136. The molecule has 0 bridgehead atoms. The molecule has 6 nitrogen and oxygen atoms in total. The number of ether oxygens (including phenoxy) is 1. The lowest BCUT2D eigenvalue weighted by molar-refractivity contribution is -0.123. The SMILES string of the molecule is CCCCP(CCCC)(CCCC)=NC1=C(c2c[nH]c3ccc(OC)cc23)C(=O)NC1=O. The van der Waals surface area contributed by atoms with Gasteiger partial charge in [0.1, 0.15) is 11.4 Å². The van der Waals surface area contributed by atoms with E-state index in [-0.39, 0.29) is 11.8 Å². The molecule has 7 heteroatoms. The standard InChI is InChI=1S/C25H36N3O3P/c1-5-8-13-32(14-9-6-2,15-10-7-3)28-23-22(24(29)27-25(23)30)20-17-26-21-12-11-18(31-4)16-19(20)21/h11-12,16-17,26H,5-10,13-15H2,1-4H3,(H,27,29,30). The van der Waals surface area contributed by atoms with Crippen molar-refractivity contribution in [3.8, 4) is 5.75 Å². The van der Waals surface area contributed by atoms with Gasteiger partial charge in [-0.1, -0.05) is 40.0 Å². The number of hydrogen-bond donors (Lipinski definition) is 2. The second kappa shape index (κ2) is 11.0. The van der Waals surface area contributed by atoms with Crippen molar-refractivity contribution in [2.24, 2.45) is 4.74 Å². The number of methoxy groups -OCH3 is 1. The molecule has 2 amide bonds. The van der Waals surface area contributed by atoms with E-state index in [2.05, 4.69) is 31.1 Å². The number of H-pyrrole nitrogens is 1. The summed E-state index contributed by atoms with van der Waals surface area (Å²) in [6, 6.07) is 5.69. The molecule has 2 N–H and O–H groups in total. The Bertz CT molecular complexity index is 1040. The molecule has 1 aromatic carbocycles. The molecule has 2 aromatic rings. The molecule has 0 atom stereocenters. The van der Waals surface area contributed by atoms with Crippen molar-refractivity contribution >= 4 is 35.3 Å². The van der Waals surface area contributed by atoms with Gasteiger partial charge in [-0.3, -0.25) is 19.7 Å². The van der Waals surface area contributed by atoms with Crippen LogP contribution >= 0.6 is 7.05 Å². The number of hydrogen-bond acceptors (Lipinski definition) is 4. The first-order chi connectivity index (χ1) is 15.5. The number of nitrogens with one attached hydrogen (secondary N) is 2. The van der Waals surface area contributed by atoms with Crippen molar-refractivity contribution in [1.82, 2.24) is 10.3 Å². The normalized spacial score (nSPS) is 14.4. The molecule has 0 saturated heterocycles. The van der Waals surface area contributed by atoms with Gasteiger partial charge in [-0.05, 0) is 63.0 Å². The van der Waals surface area contributed by atoms with Gasteiger partial charge in [-0.25, -0.2) is 0 Å². The summed E-state index contributed by atoms with van der Waals surface area (Å²) in [6.45, 7) is 6.60. The maximum Gasteiger partial charge on any atom is 0.277 e. The summed E-state index contributed by atoms with van der Waals surface area (Å²) in [5.74, 6) is -0.0222. The maximum absolute atomic E-state index is 12.9. The number of rotatable bonds is 12. The van der Waals surface area contributed by atoms with Gasteiger partial charge in [-0.2, -0.15) is 0 Å². The monoisotopic (exact) mass is 457 g/mol. The van der Waals surface area contributed by atoms with Crippen molar-refractivity contribution in [2.45, 2.75) is 59.3 Å². The number of imide groups is 1. The van der Waals surface area contributed by atoms with E-state index in [4.69, 9.17) is 9.48 Å². The summed E-state index contributed by atoms with van der Waals surface area (Å²) in [5, 5.41) is 3.37. The molecule has 0 fully saturated rings. The van der Waals surface area contributed by atoms with Crippen LogP contribution in [0.4, 0.5) is 0 Å². The van der Waals surface area contributed by atoms with Crippen LogP contribution in [0.25, 0.3) is 16.5 Å². The molecule has 0 radical (unpaired) electrons. The summed E-state index contributed by atoms with van der Waals surface area (Å²) in [6.07, 6.45) is 11.6. The number of carbonyl (C=O) groups is 2. The molecule has 0 saturated carbocycles. The van der Waals surface area contributed by atoms with Crippen molar-refractivity contribution in [2.75, 3.05) is 25.6 Å². The number of nitrogens with zero attached hydrogens (tertiary/aromatic N) is 1. The van der Waals surface area contributed by atoms with Gasteiger partial charge in [0.2, 0.25) is 0 Å². The Morgan fingerprint density at radius 1 is 0.938 bits per heavy atom. The number of aromatic amines is 1. The highest BCUT2D eigenvalue weighted by atomic mass is 31.2. The van der Waals surface area contributed by atoms with Gasteiger partial charge in [0.25, 0.3) is 11.8 Å². The Balaban J connectivity index is 2.22. The first-order valence-electron chi connectivity index (χ1n) is 11.8. The zero-order valence-corrected chi connectivity index (χ0v) is 20.7. The van der Waals surface area contributed by atoms with Gasteiger partial charge in [-0.15, -0.1) is 0 Å². The van der Waals surface area contributed by atoms with Crippen molar-refractivity contribution < 1.29 is 14.3 Å². The zero-order chi connectivity index (χ0) is 23.1. The molecule has 3 rings (SSSR count). The second-order valence-corrected chi connectivity index (χ2v) is 12.3. The summed E-state index contributed by atoms with van der Waals surface area (Å²) >= 11 is 0. The topological polar surface area (TPSA) is 83.5 Å². The predicted octanol–water partition coefficient (Wildman–Crippen LogP) is 6.15. The van der Waals surface area contributed by atoms with Gasteiger partial charge < -0.3 is 9.72 Å². The zero-order valence-electron chi connectivity index (χ0n) is 19.8. The maximum atomic E-state index is 12.9. The number of fused-ring (bicyclic) bond motifs is 1. The lowest BCUT2D eigenvalue weighted by atomic mass is 10.0. The highest BCUT2D eigenvalue weighted by molar-refractivity contribution is 7.66. The highest BCUT2D eigenvalue weighted by Gasteiger charge is 2.34. The van der Waals surface area contributed by atoms with Gasteiger partial charge in [0.15, 0.2) is 0 Å². The van der Waals surface area contributed by atoms with Crippen LogP contribution < -0.4 is 10.1 Å². The van der Waals surface area contributed by atoms with E-state index in [1.807, 2.05) is 18.2 Å². The van der Waals surface area contributed by atoms with Crippen molar-refractivity contribution in [3.05, 3.63) is 35.7 Å². The molecule has 1 aliphatic rings. The third kappa shape index (κ3) is 5.17. The molecule has 0 aliphatic carbocycles. The Morgan fingerprint density at radius 3 is 2.12 bits per heavy atom. The number of amides is 2. The van der Waals surface area contributed by atoms with Crippen molar-refractivity contribution in [1.29, 1.82) is 0 Å². The van der Waals surface area contributed by atoms with E-state index >= 15 is 0 Å². The number of aromatic nitrogens is 1. The van der Waals surface area contributed by atoms with E-state index in [1.54, 1.807) is 13.3 Å². The minimum Gasteiger partial charge on any atom is -0.497 e. The molecule has 0 unspecified atom stereocenters. The van der Waals surface area contributed by atoms with Crippen LogP contribution in [0.2, 0.25) is 0 Å². The molecular formula is C25H36N3O3P. The van der Waals surface area contributed by atoms with Crippen molar-refractivity contribution in [3.63, 3.8) is 0 Å². The fourth-order valence-electron chi connectivity index (χ4n) is 4.28. The van der Waals surface area contributed by atoms with Crippen LogP contribution in [0.1, 0.15) is 64.9 Å². The molecule has 0 spiro atoms. The lowest BCUT2D eigenvalue weighted by Crippen LogP contribution is -2.22. The highest BCUT2D eigenvalue weighted by Crippen LogP contribution is 2.54. The Hall–Kier alpha value is -2.33. The number of benzene rings is 1. The average Bonchev–Trinajstić information content (AvgIpc) is 3.33. The minimum atomic E-state index is -1.75. The fraction of sp³-hybridized carbons (Fsp3) is 0.520. The molecule has 1 aromatic heterocycles. The summed E-state index contributed by atoms with van der Waals surface area (Å²) in [5.41, 5.74) is 2.32. The van der Waals surface area contributed by atoms with Crippen LogP contribution in [0, 0.1) is 0 Å². The van der Waals surface area contributed by atoms with E-state index in [9.17, 15) is 9.59 Å². The quantitative estimate of drug-likeness (QED) is 0.296. The minimum absolute atomic E-state index is 0.329. The van der Waals surface area contributed by atoms with Crippen LogP contribution in [0.3, 0.4) is 0 Å². The lowest BCUT2D eigenvalue weighted by Gasteiger charge is -2.25. The smallest absolute Gasteiger partial charge is 0.277 e. The van der Waals surface area contributed by atoms with E-state index in [1.165, 1.54) is 0 Å². The van der Waals surface area contributed by atoms with E-state index in [0.717, 1.165) is 67.9 Å². The molecule has 1 aliphatic heterocycles. The summed E-state index contributed by atoms with van der Waals surface area (Å²) in [4.78, 5) is 29.1. The second-order valence-electron chi connectivity index (χ2n) is 8.55. The molecule has 2 heterocycles. The Morgan fingerprint density at radius 2 is 1.56 bits per heavy atom. The van der Waals surface area contributed by atoms with Crippen LogP contribution in [0.15, 0.2) is 34.8 Å². The van der Waals surface area contributed by atoms with Gasteiger partial charge in [0.05, 0.1) is 12.7 Å². The number of unbranched alkanes of at least 4 members (excludes halogenated alkanes) is 3. The fourth-order valence-corrected chi connectivity index (χ4v) is 8.58. The van der Waals surface area contributed by atoms with Crippen LogP contribution in [-0.4, -0.2) is 42.4 Å². The third-order valence-corrected chi connectivity index (χ3v) is 10.2. The Kier molecular flexibility index (Phi) is 8.36. The molecular weight excluding hydrogens is 421 g/mol. The third-order valence-electron chi connectivity index (χ3n) is 6.16. The summed E-state index contributed by atoms with van der Waals surface area (Å²) < 4.78 is 10.6. The largest absolute Gasteiger partial charge is 0.497 e. The van der Waals surface area contributed by atoms with Crippen LogP contribution in [-0.2, 0) is 9.59 Å². The first kappa shape index (κ1) is 24.3. The number of carbonyl (C=O) groups excluding carboxylic acids is 2. The van der Waals surface area contributed by atoms with Crippen LogP contribution in [0.5, 0.6) is 5.75 Å². The van der Waals surface area contributed by atoms with Gasteiger partial charge >= 0.3 is 0 Å². The molecule has 32 heavy (non-hydrogen) atoms.